The van der Waals surface area contributed by atoms with E-state index >= 15 is 0 Å². The normalized spacial score (nSPS) is 19.2. The van der Waals surface area contributed by atoms with Gasteiger partial charge in [0.05, 0.1) is 18.9 Å². The summed E-state index contributed by atoms with van der Waals surface area (Å²) in [5.74, 6) is 0.322. The molecule has 2 aliphatic rings. The van der Waals surface area contributed by atoms with Crippen molar-refractivity contribution in [3.8, 4) is 0 Å². The quantitative estimate of drug-likeness (QED) is 0.600. The highest BCUT2D eigenvalue weighted by atomic mass is 79.9. The van der Waals surface area contributed by atoms with E-state index < -0.39 is 0 Å². The SMILES string of the molecule is CN(C)C(=O)c1[nH]c2cccc(Br)c2c1NC(=O)CC1(C2CCCCCC2)COC1. The second-order valence-corrected chi connectivity index (χ2v) is 9.86. The van der Waals surface area contributed by atoms with Crippen molar-refractivity contribution in [3.05, 3.63) is 28.4 Å². The van der Waals surface area contributed by atoms with Crippen molar-refractivity contribution in [2.75, 3.05) is 32.6 Å². The molecular weight excluding hydrogens is 446 g/mol. The van der Waals surface area contributed by atoms with Crippen LogP contribution in [0.1, 0.15) is 55.4 Å². The number of ether oxygens (including phenoxy) is 1. The van der Waals surface area contributed by atoms with Crippen LogP contribution in [0.5, 0.6) is 0 Å². The first-order valence-corrected chi connectivity index (χ1v) is 11.6. The lowest BCUT2D eigenvalue weighted by Gasteiger charge is -2.47. The lowest BCUT2D eigenvalue weighted by Crippen LogP contribution is -2.50. The number of amides is 2. The molecule has 2 amide bonds. The van der Waals surface area contributed by atoms with Crippen molar-refractivity contribution in [1.29, 1.82) is 0 Å². The highest BCUT2D eigenvalue weighted by molar-refractivity contribution is 9.10. The van der Waals surface area contributed by atoms with Gasteiger partial charge in [-0.2, -0.15) is 0 Å². The highest BCUT2D eigenvalue weighted by Gasteiger charge is 2.46. The number of carbonyl (C=O) groups is 2. The van der Waals surface area contributed by atoms with Gasteiger partial charge in [-0.3, -0.25) is 9.59 Å². The third-order valence-corrected chi connectivity index (χ3v) is 7.33. The molecule has 1 aliphatic heterocycles. The van der Waals surface area contributed by atoms with E-state index in [1.54, 1.807) is 14.1 Å². The van der Waals surface area contributed by atoms with Crippen molar-refractivity contribution in [1.82, 2.24) is 9.88 Å². The van der Waals surface area contributed by atoms with E-state index in [1.165, 1.54) is 43.4 Å². The molecule has 162 valence electrons. The molecule has 4 rings (SSSR count). The molecule has 2 aromatic rings. The van der Waals surface area contributed by atoms with Crippen LogP contribution in [0.2, 0.25) is 0 Å². The highest BCUT2D eigenvalue weighted by Crippen LogP contribution is 2.46. The average molecular weight is 476 g/mol. The Balaban J connectivity index is 1.61. The van der Waals surface area contributed by atoms with Gasteiger partial charge in [0.25, 0.3) is 5.91 Å². The van der Waals surface area contributed by atoms with Crippen molar-refractivity contribution in [3.63, 3.8) is 0 Å². The largest absolute Gasteiger partial charge is 0.380 e. The summed E-state index contributed by atoms with van der Waals surface area (Å²) in [6.45, 7) is 1.32. The molecule has 0 spiro atoms. The zero-order valence-corrected chi connectivity index (χ0v) is 19.3. The molecule has 6 nitrogen and oxygen atoms in total. The maximum Gasteiger partial charge on any atom is 0.271 e. The van der Waals surface area contributed by atoms with E-state index in [0.717, 1.165) is 15.4 Å². The van der Waals surface area contributed by atoms with Gasteiger partial charge in [-0.1, -0.05) is 47.7 Å². The van der Waals surface area contributed by atoms with Gasteiger partial charge in [0.15, 0.2) is 0 Å². The Kier molecular flexibility index (Phi) is 6.21. The van der Waals surface area contributed by atoms with Crippen LogP contribution < -0.4 is 5.32 Å². The van der Waals surface area contributed by atoms with Crippen LogP contribution in [-0.4, -0.2) is 49.0 Å². The Morgan fingerprint density at radius 3 is 2.50 bits per heavy atom. The molecule has 0 bridgehead atoms. The number of carbonyl (C=O) groups excluding carboxylic acids is 2. The summed E-state index contributed by atoms with van der Waals surface area (Å²) in [6.07, 6.45) is 7.86. The van der Waals surface area contributed by atoms with Gasteiger partial charge in [-0.15, -0.1) is 0 Å². The minimum absolute atomic E-state index is 0.0491. The predicted octanol–water partition coefficient (Wildman–Crippen LogP) is 4.95. The first kappa shape index (κ1) is 21.4. The first-order chi connectivity index (χ1) is 14.4. The Labute approximate surface area is 185 Å². The monoisotopic (exact) mass is 475 g/mol. The molecule has 1 saturated heterocycles. The number of halogens is 1. The van der Waals surface area contributed by atoms with Crippen molar-refractivity contribution < 1.29 is 14.3 Å². The Bertz CT molecular complexity index is 941. The number of H-pyrrole nitrogens is 1. The van der Waals surface area contributed by atoms with Gasteiger partial charge in [0.1, 0.15) is 5.69 Å². The molecule has 0 atom stereocenters. The van der Waals surface area contributed by atoms with E-state index in [4.69, 9.17) is 4.74 Å². The smallest absolute Gasteiger partial charge is 0.271 e. The second kappa shape index (κ2) is 8.71. The van der Waals surface area contributed by atoms with Crippen LogP contribution in [0.25, 0.3) is 10.9 Å². The van der Waals surface area contributed by atoms with Crippen molar-refractivity contribution in [2.24, 2.45) is 11.3 Å². The Hall–Kier alpha value is -1.86. The number of hydrogen-bond acceptors (Lipinski definition) is 3. The van der Waals surface area contributed by atoms with Crippen LogP contribution >= 0.6 is 15.9 Å². The minimum Gasteiger partial charge on any atom is -0.380 e. The fourth-order valence-electron chi connectivity index (χ4n) is 4.96. The third-order valence-electron chi connectivity index (χ3n) is 6.67. The minimum atomic E-state index is -0.168. The first-order valence-electron chi connectivity index (χ1n) is 10.8. The van der Waals surface area contributed by atoms with Gasteiger partial charge in [0, 0.05) is 41.3 Å². The lowest BCUT2D eigenvalue weighted by molar-refractivity contribution is -0.160. The standard InChI is InChI=1S/C23H30BrN3O3/c1-27(2)22(29)21-20(19-16(24)10-7-11-17(19)25-21)26-18(28)12-23(13-30-14-23)15-8-5-3-4-6-9-15/h7,10-11,15,25H,3-6,8-9,12-14H2,1-2H3,(H,26,28). The number of benzene rings is 1. The molecular formula is C23H30BrN3O3. The summed E-state index contributed by atoms with van der Waals surface area (Å²) in [7, 11) is 3.42. The number of anilines is 1. The number of hydrogen-bond donors (Lipinski definition) is 2. The molecule has 7 heteroatoms. The number of aromatic amines is 1. The summed E-state index contributed by atoms with van der Waals surface area (Å²) in [4.78, 5) is 30.7. The molecule has 1 aromatic carbocycles. The number of aromatic nitrogens is 1. The molecule has 30 heavy (non-hydrogen) atoms. The topological polar surface area (TPSA) is 74.4 Å². The van der Waals surface area contributed by atoms with Gasteiger partial charge < -0.3 is 19.9 Å². The third kappa shape index (κ3) is 4.02. The molecule has 0 radical (unpaired) electrons. The van der Waals surface area contributed by atoms with Crippen LogP contribution in [0.4, 0.5) is 5.69 Å². The number of rotatable bonds is 5. The number of nitrogens with zero attached hydrogens (tertiary/aromatic N) is 1. The van der Waals surface area contributed by atoms with Gasteiger partial charge >= 0.3 is 0 Å². The van der Waals surface area contributed by atoms with E-state index in [-0.39, 0.29) is 17.2 Å². The van der Waals surface area contributed by atoms with Crippen LogP contribution in [0.15, 0.2) is 22.7 Å². The molecule has 0 unspecified atom stereocenters. The summed E-state index contributed by atoms with van der Waals surface area (Å²) in [6, 6.07) is 5.74. The number of nitrogens with one attached hydrogen (secondary N) is 2. The molecule has 2 heterocycles. The Morgan fingerprint density at radius 1 is 1.20 bits per heavy atom. The van der Waals surface area contributed by atoms with E-state index in [1.807, 2.05) is 18.2 Å². The van der Waals surface area contributed by atoms with Crippen LogP contribution in [-0.2, 0) is 9.53 Å². The van der Waals surface area contributed by atoms with Gasteiger partial charge in [-0.25, -0.2) is 0 Å². The second-order valence-electron chi connectivity index (χ2n) is 9.01. The van der Waals surface area contributed by atoms with E-state index in [9.17, 15) is 9.59 Å². The molecule has 2 fully saturated rings. The zero-order valence-electron chi connectivity index (χ0n) is 17.7. The maximum atomic E-state index is 13.2. The molecule has 1 saturated carbocycles. The van der Waals surface area contributed by atoms with Crippen molar-refractivity contribution >= 4 is 44.3 Å². The van der Waals surface area contributed by atoms with Crippen LogP contribution in [0.3, 0.4) is 0 Å². The predicted molar refractivity (Wildman–Crippen MR) is 122 cm³/mol. The van der Waals surface area contributed by atoms with E-state index in [2.05, 4.69) is 26.2 Å². The van der Waals surface area contributed by atoms with Crippen molar-refractivity contribution in [2.45, 2.75) is 44.9 Å². The number of fused-ring (bicyclic) bond motifs is 1. The molecule has 2 N–H and O–H groups in total. The summed E-state index contributed by atoms with van der Waals surface area (Å²) >= 11 is 3.58. The van der Waals surface area contributed by atoms with E-state index in [0.29, 0.717) is 36.9 Å². The maximum absolute atomic E-state index is 13.2. The average Bonchev–Trinajstić information content (AvgIpc) is 2.86. The lowest BCUT2D eigenvalue weighted by atomic mass is 9.68. The van der Waals surface area contributed by atoms with Gasteiger partial charge in [-0.05, 0) is 30.9 Å². The molecule has 1 aromatic heterocycles. The van der Waals surface area contributed by atoms with Crippen LogP contribution in [0, 0.1) is 11.3 Å². The fraction of sp³-hybridized carbons (Fsp3) is 0.565. The fourth-order valence-corrected chi connectivity index (χ4v) is 5.52. The summed E-state index contributed by atoms with van der Waals surface area (Å²) in [5, 5.41) is 3.91. The van der Waals surface area contributed by atoms with Gasteiger partial charge in [0.2, 0.25) is 5.91 Å². The summed E-state index contributed by atoms with van der Waals surface area (Å²) < 4.78 is 6.44. The zero-order chi connectivity index (χ0) is 21.3. The molecule has 1 aliphatic carbocycles. The summed E-state index contributed by atoms with van der Waals surface area (Å²) in [5.41, 5.74) is 1.71. The Morgan fingerprint density at radius 2 is 1.90 bits per heavy atom.